The minimum Gasteiger partial charge on any atom is -0.493 e. The first kappa shape index (κ1) is 21.7. The van der Waals surface area contributed by atoms with Crippen LogP contribution in [-0.4, -0.2) is 61.5 Å². The van der Waals surface area contributed by atoms with Crippen molar-refractivity contribution in [1.82, 2.24) is 9.80 Å². The predicted octanol–water partition coefficient (Wildman–Crippen LogP) is 3.23. The van der Waals surface area contributed by atoms with E-state index in [4.69, 9.17) is 9.47 Å². The molecule has 1 fully saturated rings. The van der Waals surface area contributed by atoms with Crippen LogP contribution in [-0.2, 0) is 9.59 Å². The Balaban J connectivity index is 1.33. The molecule has 160 valence electrons. The highest BCUT2D eigenvalue weighted by Gasteiger charge is 2.28. The molecule has 1 saturated heterocycles. The number of nitrogens with zero attached hydrogens (tertiary/aromatic N) is 2. The van der Waals surface area contributed by atoms with Gasteiger partial charge >= 0.3 is 0 Å². The molecule has 0 aliphatic carbocycles. The van der Waals surface area contributed by atoms with Gasteiger partial charge in [-0.1, -0.05) is 36.4 Å². The molecule has 0 N–H and O–H groups in total. The van der Waals surface area contributed by atoms with Gasteiger partial charge in [-0.25, -0.2) is 0 Å². The lowest BCUT2D eigenvalue weighted by Gasteiger charge is -2.33. The van der Waals surface area contributed by atoms with Crippen LogP contribution in [0.25, 0.3) is 0 Å². The monoisotopic (exact) mass is 410 g/mol. The highest BCUT2D eigenvalue weighted by molar-refractivity contribution is 5.80. The van der Waals surface area contributed by atoms with Gasteiger partial charge in [0.1, 0.15) is 18.1 Å². The van der Waals surface area contributed by atoms with Crippen LogP contribution in [0, 0.1) is 5.92 Å². The summed E-state index contributed by atoms with van der Waals surface area (Å²) in [5.74, 6) is 1.76. The first-order valence-electron chi connectivity index (χ1n) is 10.5. The molecule has 6 heteroatoms. The van der Waals surface area contributed by atoms with Crippen molar-refractivity contribution in [2.45, 2.75) is 19.3 Å². The number of carbonyl (C=O) groups excluding carboxylic acids is 2. The average Bonchev–Trinajstić information content (AvgIpc) is 2.80. The Morgan fingerprint density at radius 3 is 2.00 bits per heavy atom. The number of benzene rings is 2. The van der Waals surface area contributed by atoms with E-state index in [-0.39, 0.29) is 17.7 Å². The summed E-state index contributed by atoms with van der Waals surface area (Å²) in [5.41, 5.74) is 0. The van der Waals surface area contributed by atoms with E-state index in [0.717, 1.165) is 11.5 Å². The van der Waals surface area contributed by atoms with E-state index in [2.05, 4.69) is 0 Å². The second kappa shape index (κ2) is 11.2. The van der Waals surface area contributed by atoms with Gasteiger partial charge in [-0.05, 0) is 37.1 Å². The lowest BCUT2D eigenvalue weighted by Crippen LogP contribution is -2.44. The molecule has 0 saturated carbocycles. The zero-order valence-electron chi connectivity index (χ0n) is 17.5. The second-order valence-electron chi connectivity index (χ2n) is 7.49. The summed E-state index contributed by atoms with van der Waals surface area (Å²) in [5, 5.41) is 0. The average molecular weight is 411 g/mol. The Morgan fingerprint density at radius 1 is 0.900 bits per heavy atom. The first-order valence-corrected chi connectivity index (χ1v) is 10.5. The minimum atomic E-state index is -0.0312. The molecule has 0 unspecified atom stereocenters. The van der Waals surface area contributed by atoms with E-state index in [9.17, 15) is 9.59 Å². The quantitative estimate of drug-likeness (QED) is 0.637. The van der Waals surface area contributed by atoms with Gasteiger partial charge in [0.05, 0.1) is 19.6 Å². The molecule has 1 aliphatic rings. The van der Waals surface area contributed by atoms with Crippen molar-refractivity contribution >= 4 is 11.8 Å². The molecule has 1 heterocycles. The number of likely N-dealkylation sites (N-methyl/N-ethyl adjacent to an activating group) is 1. The summed E-state index contributed by atoms with van der Waals surface area (Å²) in [6.45, 7) is 2.62. The van der Waals surface area contributed by atoms with Crippen molar-refractivity contribution in [2.24, 2.45) is 5.92 Å². The van der Waals surface area contributed by atoms with E-state index in [0.29, 0.717) is 52.1 Å². The Hall–Kier alpha value is -3.02. The van der Waals surface area contributed by atoms with Crippen LogP contribution >= 0.6 is 0 Å². The number of amides is 2. The Morgan fingerprint density at radius 2 is 1.43 bits per heavy atom. The van der Waals surface area contributed by atoms with E-state index in [1.807, 2.05) is 72.6 Å². The molecular formula is C24H30N2O4. The number of carbonyl (C=O) groups is 2. The third kappa shape index (κ3) is 6.51. The highest BCUT2D eigenvalue weighted by Crippen LogP contribution is 2.20. The molecular weight excluding hydrogens is 380 g/mol. The third-order valence-corrected chi connectivity index (χ3v) is 5.34. The molecule has 0 bridgehead atoms. The lowest BCUT2D eigenvalue weighted by molar-refractivity contribution is -0.140. The van der Waals surface area contributed by atoms with Crippen molar-refractivity contribution in [3.8, 4) is 11.5 Å². The number of ether oxygens (including phenoxy) is 2. The van der Waals surface area contributed by atoms with E-state index in [1.54, 1.807) is 4.90 Å². The zero-order valence-corrected chi connectivity index (χ0v) is 17.5. The van der Waals surface area contributed by atoms with E-state index >= 15 is 0 Å². The molecule has 0 spiro atoms. The van der Waals surface area contributed by atoms with Crippen LogP contribution in [0.15, 0.2) is 60.7 Å². The van der Waals surface area contributed by atoms with Crippen molar-refractivity contribution in [3.63, 3.8) is 0 Å². The zero-order chi connectivity index (χ0) is 21.2. The normalized spacial score (nSPS) is 14.2. The van der Waals surface area contributed by atoms with Gasteiger partial charge in [-0.15, -0.1) is 0 Å². The number of hydrogen-bond donors (Lipinski definition) is 0. The molecule has 0 aromatic heterocycles. The van der Waals surface area contributed by atoms with Crippen LogP contribution in [0.2, 0.25) is 0 Å². The van der Waals surface area contributed by atoms with Crippen molar-refractivity contribution in [3.05, 3.63) is 60.7 Å². The maximum absolute atomic E-state index is 12.7. The molecule has 2 amide bonds. The minimum absolute atomic E-state index is 0.0312. The number of para-hydroxylation sites is 2. The van der Waals surface area contributed by atoms with Gasteiger partial charge in [0, 0.05) is 26.1 Å². The number of hydrogen-bond acceptors (Lipinski definition) is 4. The van der Waals surface area contributed by atoms with Crippen LogP contribution in [0.4, 0.5) is 0 Å². The van der Waals surface area contributed by atoms with Crippen molar-refractivity contribution in [2.75, 3.05) is 39.9 Å². The molecule has 30 heavy (non-hydrogen) atoms. The molecule has 0 atom stereocenters. The van der Waals surface area contributed by atoms with Gasteiger partial charge in [0.2, 0.25) is 11.8 Å². The lowest BCUT2D eigenvalue weighted by atomic mass is 9.95. The van der Waals surface area contributed by atoms with E-state index < -0.39 is 0 Å². The molecule has 0 radical (unpaired) electrons. The van der Waals surface area contributed by atoms with Crippen molar-refractivity contribution in [1.29, 1.82) is 0 Å². The number of piperidine rings is 1. The van der Waals surface area contributed by atoms with E-state index in [1.165, 1.54) is 0 Å². The Kier molecular flexibility index (Phi) is 8.12. The summed E-state index contributed by atoms with van der Waals surface area (Å²) in [7, 11) is 1.81. The van der Waals surface area contributed by atoms with Gasteiger partial charge in [0.25, 0.3) is 0 Å². The van der Waals surface area contributed by atoms with Crippen LogP contribution in [0.3, 0.4) is 0 Å². The smallest absolute Gasteiger partial charge is 0.225 e. The van der Waals surface area contributed by atoms with Gasteiger partial charge < -0.3 is 19.3 Å². The Labute approximate surface area is 178 Å². The summed E-state index contributed by atoms with van der Waals surface area (Å²) >= 11 is 0. The van der Waals surface area contributed by atoms with Gasteiger partial charge in [0.15, 0.2) is 0 Å². The third-order valence-electron chi connectivity index (χ3n) is 5.34. The molecule has 2 aromatic carbocycles. The fraction of sp³-hybridized carbons (Fsp3) is 0.417. The van der Waals surface area contributed by atoms with Gasteiger partial charge in [-0.3, -0.25) is 9.59 Å². The molecule has 2 aromatic rings. The Bertz CT molecular complexity index is 789. The molecule has 3 rings (SSSR count). The fourth-order valence-corrected chi connectivity index (χ4v) is 3.55. The first-order chi connectivity index (χ1) is 14.6. The topological polar surface area (TPSA) is 59.1 Å². The maximum Gasteiger partial charge on any atom is 0.225 e. The summed E-state index contributed by atoms with van der Waals surface area (Å²) in [6.07, 6.45) is 1.76. The molecule has 6 nitrogen and oxygen atoms in total. The predicted molar refractivity (Wildman–Crippen MR) is 115 cm³/mol. The van der Waals surface area contributed by atoms with Crippen LogP contribution in [0.1, 0.15) is 19.3 Å². The summed E-state index contributed by atoms with van der Waals surface area (Å²) in [6, 6.07) is 19.1. The summed E-state index contributed by atoms with van der Waals surface area (Å²) in [4.78, 5) is 28.7. The highest BCUT2D eigenvalue weighted by atomic mass is 16.5. The van der Waals surface area contributed by atoms with Crippen LogP contribution < -0.4 is 9.47 Å². The number of rotatable bonds is 9. The van der Waals surface area contributed by atoms with Crippen molar-refractivity contribution < 1.29 is 19.1 Å². The maximum atomic E-state index is 12.7. The SMILES string of the molecule is CN(CCOc1ccccc1)C(=O)C1CCN(C(=O)CCOc2ccccc2)CC1. The standard InChI is InChI=1S/C24H30N2O4/c1-25(17-19-30-22-10-6-3-7-11-22)24(28)20-12-15-26(16-13-20)23(27)14-18-29-21-8-4-2-5-9-21/h2-11,20H,12-19H2,1H3. The van der Waals surface area contributed by atoms with Gasteiger partial charge in [-0.2, -0.15) is 0 Å². The largest absolute Gasteiger partial charge is 0.493 e. The molecule has 1 aliphatic heterocycles. The summed E-state index contributed by atoms with van der Waals surface area (Å²) < 4.78 is 11.3. The second-order valence-corrected chi connectivity index (χ2v) is 7.49. The number of likely N-dealkylation sites (tertiary alicyclic amines) is 1. The fourth-order valence-electron chi connectivity index (χ4n) is 3.55. The van der Waals surface area contributed by atoms with Crippen LogP contribution in [0.5, 0.6) is 11.5 Å².